The van der Waals surface area contributed by atoms with Crippen molar-refractivity contribution in [1.82, 2.24) is 0 Å². The summed E-state index contributed by atoms with van der Waals surface area (Å²) < 4.78 is 4.66. The number of anilines is 1. The van der Waals surface area contributed by atoms with Crippen molar-refractivity contribution < 1.29 is 14.3 Å². The summed E-state index contributed by atoms with van der Waals surface area (Å²) in [4.78, 5) is 26.6. The van der Waals surface area contributed by atoms with E-state index in [9.17, 15) is 9.59 Å². The molecule has 0 bridgehead atoms. The Morgan fingerprint density at radius 2 is 2.00 bits per heavy atom. The van der Waals surface area contributed by atoms with Crippen LogP contribution in [0.1, 0.15) is 31.8 Å². The first kappa shape index (κ1) is 15.8. The van der Waals surface area contributed by atoms with Gasteiger partial charge in [-0.2, -0.15) is 0 Å². The number of hydrogen-bond donors (Lipinski definition) is 0. The number of hydrogen-bond acceptors (Lipinski definition) is 4. The van der Waals surface area contributed by atoms with E-state index < -0.39 is 5.97 Å². The van der Waals surface area contributed by atoms with Crippen LogP contribution in [0.3, 0.4) is 0 Å². The zero-order valence-electron chi connectivity index (χ0n) is 12.3. The SMILES string of the molecule is C#Cc1cccc(N(CC)C(=O)c2ccc(C(=O)OC)s2)c1. The van der Waals surface area contributed by atoms with Gasteiger partial charge in [-0.25, -0.2) is 4.79 Å². The number of benzene rings is 1. The van der Waals surface area contributed by atoms with Gasteiger partial charge in [-0.3, -0.25) is 4.79 Å². The normalized spacial score (nSPS) is 9.86. The number of carbonyl (C=O) groups excluding carboxylic acids is 2. The number of esters is 1. The van der Waals surface area contributed by atoms with E-state index in [4.69, 9.17) is 6.42 Å². The Morgan fingerprint density at radius 1 is 1.27 bits per heavy atom. The molecule has 0 saturated carbocycles. The summed E-state index contributed by atoms with van der Waals surface area (Å²) in [5.41, 5.74) is 1.45. The van der Waals surface area contributed by atoms with Gasteiger partial charge in [0.1, 0.15) is 4.88 Å². The second-order valence-corrected chi connectivity index (χ2v) is 5.48. The van der Waals surface area contributed by atoms with Crippen LogP contribution in [0.4, 0.5) is 5.69 Å². The zero-order chi connectivity index (χ0) is 16.1. The molecule has 4 nitrogen and oxygen atoms in total. The third-order valence-corrected chi connectivity index (χ3v) is 4.14. The van der Waals surface area contributed by atoms with Crippen LogP contribution >= 0.6 is 11.3 Å². The maximum absolute atomic E-state index is 12.6. The van der Waals surface area contributed by atoms with Crippen molar-refractivity contribution in [2.45, 2.75) is 6.92 Å². The summed E-state index contributed by atoms with van der Waals surface area (Å²) >= 11 is 1.12. The number of ether oxygens (including phenoxy) is 1. The molecule has 0 radical (unpaired) electrons. The van der Waals surface area contributed by atoms with Crippen molar-refractivity contribution in [2.75, 3.05) is 18.6 Å². The van der Waals surface area contributed by atoms with Crippen molar-refractivity contribution in [3.8, 4) is 12.3 Å². The number of nitrogens with zero attached hydrogens (tertiary/aromatic N) is 1. The summed E-state index contributed by atoms with van der Waals surface area (Å²) in [6.45, 7) is 2.38. The van der Waals surface area contributed by atoms with Crippen LogP contribution in [-0.2, 0) is 4.74 Å². The Hall–Kier alpha value is -2.58. The molecule has 5 heteroatoms. The van der Waals surface area contributed by atoms with Crippen molar-refractivity contribution in [2.24, 2.45) is 0 Å². The fraction of sp³-hybridized carbons (Fsp3) is 0.176. The Morgan fingerprint density at radius 3 is 2.64 bits per heavy atom. The van der Waals surface area contributed by atoms with Gasteiger partial charge in [0.25, 0.3) is 5.91 Å². The Bertz CT molecular complexity index is 742. The molecular formula is C17H15NO3S. The predicted molar refractivity (Wildman–Crippen MR) is 87.4 cm³/mol. The molecule has 1 heterocycles. The standard InChI is InChI=1S/C17H15NO3S/c1-4-12-7-6-8-13(11-12)18(5-2)16(19)14-9-10-15(22-14)17(20)21-3/h1,6-11H,5H2,2-3H3. The third kappa shape index (κ3) is 3.18. The summed E-state index contributed by atoms with van der Waals surface area (Å²) in [5, 5.41) is 0. The van der Waals surface area contributed by atoms with Crippen LogP contribution in [0, 0.1) is 12.3 Å². The quantitative estimate of drug-likeness (QED) is 0.643. The fourth-order valence-electron chi connectivity index (χ4n) is 2.00. The van der Waals surface area contributed by atoms with Gasteiger partial charge in [0.05, 0.1) is 12.0 Å². The molecule has 0 aliphatic heterocycles. The average molecular weight is 313 g/mol. The summed E-state index contributed by atoms with van der Waals surface area (Å²) in [5.74, 6) is 1.94. The van der Waals surface area contributed by atoms with Gasteiger partial charge in [0.2, 0.25) is 0 Å². The lowest BCUT2D eigenvalue weighted by molar-refractivity contribution is 0.0606. The second kappa shape index (κ2) is 6.92. The maximum atomic E-state index is 12.6. The highest BCUT2D eigenvalue weighted by atomic mass is 32.1. The largest absolute Gasteiger partial charge is 0.465 e. The van der Waals surface area contributed by atoms with E-state index in [1.807, 2.05) is 25.1 Å². The second-order valence-electron chi connectivity index (χ2n) is 4.40. The number of amides is 1. The molecule has 22 heavy (non-hydrogen) atoms. The van der Waals surface area contributed by atoms with E-state index in [1.165, 1.54) is 7.11 Å². The van der Waals surface area contributed by atoms with Gasteiger partial charge in [0.15, 0.2) is 0 Å². The molecule has 1 aromatic heterocycles. The minimum atomic E-state index is -0.443. The van der Waals surface area contributed by atoms with Gasteiger partial charge in [-0.1, -0.05) is 12.0 Å². The molecule has 0 fully saturated rings. The molecule has 1 aromatic carbocycles. The Labute approximate surface area is 133 Å². The number of carbonyl (C=O) groups is 2. The number of methoxy groups -OCH3 is 1. The van der Waals surface area contributed by atoms with Gasteiger partial charge in [0, 0.05) is 17.8 Å². The van der Waals surface area contributed by atoms with Crippen LogP contribution in [0.25, 0.3) is 0 Å². The summed E-state index contributed by atoms with van der Waals surface area (Å²) in [7, 11) is 1.31. The lowest BCUT2D eigenvalue weighted by Crippen LogP contribution is -2.30. The molecule has 0 spiro atoms. The van der Waals surface area contributed by atoms with E-state index in [1.54, 1.807) is 23.1 Å². The first-order chi connectivity index (χ1) is 10.6. The molecule has 0 saturated heterocycles. The topological polar surface area (TPSA) is 46.6 Å². The molecular weight excluding hydrogens is 298 g/mol. The molecule has 0 aliphatic carbocycles. The van der Waals surface area contributed by atoms with Gasteiger partial charge in [-0.05, 0) is 37.3 Å². The third-order valence-electron chi connectivity index (χ3n) is 3.09. The van der Waals surface area contributed by atoms with Crippen molar-refractivity contribution in [1.29, 1.82) is 0 Å². The minimum Gasteiger partial charge on any atom is -0.465 e. The first-order valence-electron chi connectivity index (χ1n) is 6.67. The van der Waals surface area contributed by atoms with Crippen molar-refractivity contribution >= 4 is 28.9 Å². The molecule has 2 rings (SSSR count). The highest BCUT2D eigenvalue weighted by Crippen LogP contribution is 2.23. The molecule has 0 aliphatic rings. The monoisotopic (exact) mass is 313 g/mol. The number of thiophene rings is 1. The molecule has 0 atom stereocenters. The van der Waals surface area contributed by atoms with Crippen LogP contribution in [0.2, 0.25) is 0 Å². The summed E-state index contributed by atoms with van der Waals surface area (Å²) in [6.07, 6.45) is 5.40. The van der Waals surface area contributed by atoms with Crippen LogP contribution < -0.4 is 4.90 Å². The lowest BCUT2D eigenvalue weighted by atomic mass is 10.2. The highest BCUT2D eigenvalue weighted by Gasteiger charge is 2.20. The molecule has 0 N–H and O–H groups in total. The van der Waals surface area contributed by atoms with E-state index in [0.717, 1.165) is 17.0 Å². The minimum absolute atomic E-state index is 0.170. The van der Waals surface area contributed by atoms with E-state index in [0.29, 0.717) is 21.9 Å². The van der Waals surface area contributed by atoms with Crippen LogP contribution in [0.15, 0.2) is 36.4 Å². The predicted octanol–water partition coefficient (Wildman–Crippen LogP) is 3.18. The lowest BCUT2D eigenvalue weighted by Gasteiger charge is -2.20. The van der Waals surface area contributed by atoms with E-state index in [-0.39, 0.29) is 5.91 Å². The fourth-order valence-corrected chi connectivity index (χ4v) is 2.88. The summed E-state index contributed by atoms with van der Waals surface area (Å²) in [6, 6.07) is 10.5. The van der Waals surface area contributed by atoms with Crippen molar-refractivity contribution in [3.63, 3.8) is 0 Å². The van der Waals surface area contributed by atoms with Crippen LogP contribution in [0.5, 0.6) is 0 Å². The van der Waals surface area contributed by atoms with Crippen LogP contribution in [-0.4, -0.2) is 25.5 Å². The maximum Gasteiger partial charge on any atom is 0.348 e. The molecule has 112 valence electrons. The van der Waals surface area contributed by atoms with Crippen molar-refractivity contribution in [3.05, 3.63) is 51.7 Å². The first-order valence-corrected chi connectivity index (χ1v) is 7.49. The highest BCUT2D eigenvalue weighted by molar-refractivity contribution is 7.16. The molecule has 1 amide bonds. The van der Waals surface area contributed by atoms with Gasteiger partial charge in [-0.15, -0.1) is 17.8 Å². The Balaban J connectivity index is 2.31. The van der Waals surface area contributed by atoms with Gasteiger partial charge >= 0.3 is 5.97 Å². The molecule has 0 unspecified atom stereocenters. The van der Waals surface area contributed by atoms with E-state index in [2.05, 4.69) is 10.7 Å². The number of terminal acetylenes is 1. The van der Waals surface area contributed by atoms with E-state index >= 15 is 0 Å². The molecule has 2 aromatic rings. The average Bonchev–Trinajstić information content (AvgIpc) is 3.05. The zero-order valence-corrected chi connectivity index (χ0v) is 13.1. The number of rotatable bonds is 4. The van der Waals surface area contributed by atoms with Gasteiger partial charge < -0.3 is 9.64 Å². The smallest absolute Gasteiger partial charge is 0.348 e. The Kier molecular flexibility index (Phi) is 4.97.